The number of nitrogens with zero attached hydrogens (tertiary/aromatic N) is 1. The van der Waals surface area contributed by atoms with Gasteiger partial charge in [0.25, 0.3) is 17.7 Å². The lowest BCUT2D eigenvalue weighted by atomic mass is 9.87. The summed E-state index contributed by atoms with van der Waals surface area (Å²) in [4.78, 5) is 40.6. The molecule has 1 unspecified atom stereocenters. The molecule has 0 radical (unpaired) electrons. The van der Waals surface area contributed by atoms with Crippen LogP contribution in [0.15, 0.2) is 42.5 Å². The van der Waals surface area contributed by atoms with Crippen LogP contribution in [0.2, 0.25) is 5.02 Å². The molecular weight excluding hydrogens is 533 g/mol. The van der Waals surface area contributed by atoms with Gasteiger partial charge in [-0.25, -0.2) is 8.78 Å². The summed E-state index contributed by atoms with van der Waals surface area (Å²) in [6, 6.07) is 5.16. The average molecular weight is 550 g/mol. The summed E-state index contributed by atoms with van der Waals surface area (Å²) in [5.74, 6) is -4.07. The lowest BCUT2D eigenvalue weighted by Crippen LogP contribution is -2.35. The van der Waals surface area contributed by atoms with Gasteiger partial charge < -0.3 is 15.5 Å². The van der Waals surface area contributed by atoms with Gasteiger partial charge in [0.15, 0.2) is 0 Å². The number of rotatable bonds is 3. The third kappa shape index (κ3) is 4.36. The number of benzene rings is 3. The minimum atomic E-state index is -4.91. The molecule has 3 amide bonds. The van der Waals surface area contributed by atoms with Crippen LogP contribution in [0.1, 0.15) is 59.4 Å². The minimum absolute atomic E-state index is 0.0831. The van der Waals surface area contributed by atoms with Crippen molar-refractivity contribution < 1.29 is 36.3 Å². The van der Waals surface area contributed by atoms with Gasteiger partial charge in [0.05, 0.1) is 17.2 Å². The molecular formula is C26H17ClF5N3O3. The minimum Gasteiger partial charge on any atom is -0.341 e. The Morgan fingerprint density at radius 3 is 2.53 bits per heavy atom. The monoisotopic (exact) mass is 549 g/mol. The molecule has 3 aromatic carbocycles. The van der Waals surface area contributed by atoms with Crippen molar-refractivity contribution in [3.05, 3.63) is 98.1 Å². The number of hydrogen-bond donors (Lipinski definition) is 2. The summed E-state index contributed by atoms with van der Waals surface area (Å²) in [6.07, 6.45) is -4.60. The zero-order chi connectivity index (χ0) is 27.5. The Bertz CT molecular complexity index is 1540. The van der Waals surface area contributed by atoms with Crippen LogP contribution < -0.4 is 10.6 Å². The fourth-order valence-electron chi connectivity index (χ4n) is 4.76. The molecule has 0 aliphatic carbocycles. The molecule has 196 valence electrons. The molecule has 6 nitrogen and oxygen atoms in total. The van der Waals surface area contributed by atoms with Crippen LogP contribution >= 0.6 is 11.6 Å². The summed E-state index contributed by atoms with van der Waals surface area (Å²) in [7, 11) is 1.55. The van der Waals surface area contributed by atoms with E-state index in [1.807, 2.05) is 0 Å². The molecule has 0 aromatic heterocycles. The molecule has 0 fully saturated rings. The third-order valence-electron chi connectivity index (χ3n) is 6.55. The van der Waals surface area contributed by atoms with E-state index in [4.69, 9.17) is 11.6 Å². The van der Waals surface area contributed by atoms with Crippen LogP contribution in [-0.2, 0) is 12.6 Å². The number of hydrogen-bond acceptors (Lipinski definition) is 3. The first-order chi connectivity index (χ1) is 17.8. The van der Waals surface area contributed by atoms with E-state index in [0.29, 0.717) is 30.7 Å². The molecule has 0 bridgehead atoms. The van der Waals surface area contributed by atoms with E-state index < -0.39 is 52.7 Å². The Kier molecular flexibility index (Phi) is 6.13. The van der Waals surface area contributed by atoms with Gasteiger partial charge in [0.2, 0.25) is 0 Å². The molecule has 5 rings (SSSR count). The van der Waals surface area contributed by atoms with Crippen molar-refractivity contribution in [3.8, 4) is 0 Å². The predicted octanol–water partition coefficient (Wildman–Crippen LogP) is 5.35. The maximum absolute atomic E-state index is 14.1. The number of alkyl halides is 3. The second kappa shape index (κ2) is 9.09. The lowest BCUT2D eigenvalue weighted by Gasteiger charge is -2.28. The van der Waals surface area contributed by atoms with E-state index in [1.54, 1.807) is 7.05 Å². The standard InChI is InChI=1S/C26H17ClF5N3O3/c1-35-5-4-15-16(25(35)38)10-19(33-23(36)11-6-12(26(30,31)32)8-14(29)7-11)21-20(15)24(37)34-22(21)17-9-13(28)2-3-18(17)27/h2-3,6-10,22H,4-5H2,1H3,(H,33,36)(H,34,37). The molecule has 3 aromatic rings. The average Bonchev–Trinajstić information content (AvgIpc) is 3.19. The van der Waals surface area contributed by atoms with Crippen molar-refractivity contribution in [1.29, 1.82) is 0 Å². The molecule has 2 aliphatic heterocycles. The van der Waals surface area contributed by atoms with Crippen molar-refractivity contribution >= 4 is 35.0 Å². The molecule has 0 saturated heterocycles. The Morgan fingerprint density at radius 1 is 1.08 bits per heavy atom. The van der Waals surface area contributed by atoms with Crippen LogP contribution in [0.4, 0.5) is 27.6 Å². The van der Waals surface area contributed by atoms with Crippen molar-refractivity contribution in [2.24, 2.45) is 0 Å². The maximum atomic E-state index is 14.1. The highest BCUT2D eigenvalue weighted by Crippen LogP contribution is 2.43. The predicted molar refractivity (Wildman–Crippen MR) is 127 cm³/mol. The van der Waals surface area contributed by atoms with Gasteiger partial charge in [-0.3, -0.25) is 14.4 Å². The molecule has 0 spiro atoms. The zero-order valence-electron chi connectivity index (χ0n) is 19.5. The second-order valence-corrected chi connectivity index (χ2v) is 9.38. The fraction of sp³-hybridized carbons (Fsp3) is 0.192. The molecule has 2 N–H and O–H groups in total. The second-order valence-electron chi connectivity index (χ2n) is 8.97. The first-order valence-corrected chi connectivity index (χ1v) is 11.6. The molecule has 1 atom stereocenters. The highest BCUT2D eigenvalue weighted by molar-refractivity contribution is 6.31. The first-order valence-electron chi connectivity index (χ1n) is 11.3. The summed E-state index contributed by atoms with van der Waals surface area (Å²) in [6.45, 7) is 0.312. The topological polar surface area (TPSA) is 78.5 Å². The maximum Gasteiger partial charge on any atom is 0.416 e. The van der Waals surface area contributed by atoms with Crippen molar-refractivity contribution in [2.45, 2.75) is 18.6 Å². The van der Waals surface area contributed by atoms with E-state index in [9.17, 15) is 36.3 Å². The van der Waals surface area contributed by atoms with Crippen LogP contribution in [0.3, 0.4) is 0 Å². The molecule has 12 heteroatoms. The number of halogens is 6. The quantitative estimate of drug-likeness (QED) is 0.432. The highest BCUT2D eigenvalue weighted by Gasteiger charge is 2.40. The first kappa shape index (κ1) is 25.7. The number of nitrogens with one attached hydrogen (secondary N) is 2. The largest absolute Gasteiger partial charge is 0.416 e. The van der Waals surface area contributed by atoms with Crippen molar-refractivity contribution in [1.82, 2.24) is 10.2 Å². The van der Waals surface area contributed by atoms with Crippen LogP contribution in [0.25, 0.3) is 0 Å². The zero-order valence-corrected chi connectivity index (χ0v) is 20.2. The van der Waals surface area contributed by atoms with Gasteiger partial charge in [-0.15, -0.1) is 0 Å². The Labute approximate surface area is 217 Å². The van der Waals surface area contributed by atoms with Crippen LogP contribution in [0, 0.1) is 11.6 Å². The summed E-state index contributed by atoms with van der Waals surface area (Å²) < 4.78 is 67.7. The van der Waals surface area contributed by atoms with Gasteiger partial charge in [-0.05, 0) is 54.4 Å². The highest BCUT2D eigenvalue weighted by atomic mass is 35.5. The summed E-state index contributed by atoms with van der Waals surface area (Å²) >= 11 is 6.29. The number of amides is 3. The van der Waals surface area contributed by atoms with Gasteiger partial charge in [0, 0.05) is 46.6 Å². The molecule has 38 heavy (non-hydrogen) atoms. The van der Waals surface area contributed by atoms with Gasteiger partial charge in [-0.1, -0.05) is 11.6 Å². The number of likely N-dealkylation sites (N-methyl/N-ethyl adjacent to an activating group) is 1. The van der Waals surface area contributed by atoms with Gasteiger partial charge in [0.1, 0.15) is 11.6 Å². The van der Waals surface area contributed by atoms with Crippen LogP contribution in [-0.4, -0.2) is 36.2 Å². The number of fused-ring (bicyclic) bond motifs is 3. The summed E-state index contributed by atoms with van der Waals surface area (Å²) in [5.41, 5.74) is -1.14. The third-order valence-corrected chi connectivity index (χ3v) is 6.89. The number of carbonyl (C=O) groups excluding carboxylic acids is 3. The normalized spacial score (nSPS) is 16.7. The summed E-state index contributed by atoms with van der Waals surface area (Å²) in [5, 5.41) is 5.23. The van der Waals surface area contributed by atoms with E-state index >= 15 is 0 Å². The Hall–Kier alpha value is -3.99. The Morgan fingerprint density at radius 2 is 1.82 bits per heavy atom. The van der Waals surface area contributed by atoms with Crippen molar-refractivity contribution in [2.75, 3.05) is 18.9 Å². The molecule has 2 heterocycles. The lowest BCUT2D eigenvalue weighted by molar-refractivity contribution is -0.137. The fourth-order valence-corrected chi connectivity index (χ4v) is 4.99. The van der Waals surface area contributed by atoms with Crippen molar-refractivity contribution in [3.63, 3.8) is 0 Å². The molecule has 2 aliphatic rings. The number of carbonyl (C=O) groups is 3. The SMILES string of the molecule is CN1CCc2c(cc(NC(=O)c3cc(F)cc(C(F)(F)F)c3)c3c2C(=O)NC3c2cc(F)ccc2Cl)C1=O. The Balaban J connectivity index is 1.68. The molecule has 0 saturated carbocycles. The van der Waals surface area contributed by atoms with E-state index in [0.717, 1.165) is 12.1 Å². The van der Waals surface area contributed by atoms with E-state index in [-0.39, 0.29) is 39.0 Å². The smallest absolute Gasteiger partial charge is 0.341 e. The van der Waals surface area contributed by atoms with Gasteiger partial charge in [-0.2, -0.15) is 13.2 Å². The van der Waals surface area contributed by atoms with E-state index in [2.05, 4.69) is 10.6 Å². The number of anilines is 1. The van der Waals surface area contributed by atoms with Crippen LogP contribution in [0.5, 0.6) is 0 Å². The van der Waals surface area contributed by atoms with E-state index in [1.165, 1.54) is 17.0 Å². The van der Waals surface area contributed by atoms with Gasteiger partial charge >= 0.3 is 6.18 Å².